The van der Waals surface area contributed by atoms with Crippen molar-refractivity contribution in [1.82, 2.24) is 0 Å². The normalized spacial score (nSPS) is 25.2. The highest BCUT2D eigenvalue weighted by Gasteiger charge is 2.46. The number of hydrogen-bond acceptors (Lipinski definition) is 12. The molecule has 0 aromatic heterocycles. The van der Waals surface area contributed by atoms with Crippen LogP contribution in [0.25, 0.3) is 6.08 Å². The Morgan fingerprint density at radius 1 is 0.895 bits per heavy atom. The third-order valence-corrected chi connectivity index (χ3v) is 6.06. The summed E-state index contributed by atoms with van der Waals surface area (Å²) in [6.07, 6.45) is -6.92. The lowest BCUT2D eigenvalue weighted by Crippen LogP contribution is -2.59. The topological polar surface area (TPSA) is 188 Å². The van der Waals surface area contributed by atoms with Gasteiger partial charge in [-0.3, -0.25) is 0 Å². The molecule has 1 aliphatic rings. The Kier molecular flexibility index (Phi) is 10.7. The summed E-state index contributed by atoms with van der Waals surface area (Å²) in [5.41, 5.74) is 1.01. The molecule has 7 N–H and O–H groups in total. The first-order valence-corrected chi connectivity index (χ1v) is 11.8. The van der Waals surface area contributed by atoms with E-state index in [9.17, 15) is 30.6 Å². The Hall–Kier alpha value is -2.94. The third-order valence-electron chi connectivity index (χ3n) is 6.06. The first-order valence-electron chi connectivity index (χ1n) is 11.8. The molecule has 210 valence electrons. The first kappa shape index (κ1) is 29.6. The predicted octanol–water partition coefficient (Wildman–Crippen LogP) is -0.288. The van der Waals surface area contributed by atoms with Crippen LogP contribution in [0.1, 0.15) is 17.2 Å². The number of rotatable bonds is 12. The average Bonchev–Trinajstić information content (AvgIpc) is 2.93. The van der Waals surface area contributed by atoms with Crippen LogP contribution in [0.4, 0.5) is 0 Å². The quantitative estimate of drug-likeness (QED) is 0.187. The second-order valence-corrected chi connectivity index (χ2v) is 8.52. The van der Waals surface area contributed by atoms with E-state index < -0.39 is 56.1 Å². The van der Waals surface area contributed by atoms with Crippen LogP contribution >= 0.6 is 0 Å². The van der Waals surface area contributed by atoms with Crippen LogP contribution in [0.2, 0.25) is 0 Å². The number of aliphatic hydroxyl groups is 6. The maximum Gasteiger partial charge on any atom is 0.187 e. The predicted molar refractivity (Wildman–Crippen MR) is 133 cm³/mol. The van der Waals surface area contributed by atoms with Crippen molar-refractivity contribution in [2.45, 2.75) is 42.9 Å². The molecule has 1 saturated heterocycles. The van der Waals surface area contributed by atoms with Crippen LogP contribution in [-0.4, -0.2) is 107 Å². The van der Waals surface area contributed by atoms with E-state index in [-0.39, 0.29) is 23.9 Å². The van der Waals surface area contributed by atoms with E-state index in [1.54, 1.807) is 36.4 Å². The van der Waals surface area contributed by atoms with Gasteiger partial charge in [0.05, 0.1) is 34.0 Å². The number of phenolic OH excluding ortho intramolecular Hbond substituents is 1. The molecule has 0 radical (unpaired) electrons. The van der Waals surface area contributed by atoms with Gasteiger partial charge in [0.25, 0.3) is 0 Å². The summed E-state index contributed by atoms with van der Waals surface area (Å²) < 4.78 is 28.0. The Morgan fingerprint density at radius 3 is 2.21 bits per heavy atom. The van der Waals surface area contributed by atoms with E-state index in [0.717, 1.165) is 5.56 Å². The van der Waals surface area contributed by atoms with Gasteiger partial charge in [-0.25, -0.2) is 0 Å². The zero-order valence-electron chi connectivity index (χ0n) is 21.0. The second-order valence-electron chi connectivity index (χ2n) is 8.52. The van der Waals surface area contributed by atoms with Gasteiger partial charge in [-0.2, -0.15) is 0 Å². The van der Waals surface area contributed by atoms with Crippen LogP contribution in [-0.2, 0) is 9.47 Å². The van der Waals surface area contributed by atoms with Crippen molar-refractivity contribution in [2.24, 2.45) is 0 Å². The molecule has 0 saturated carbocycles. The van der Waals surface area contributed by atoms with E-state index in [1.165, 1.54) is 26.4 Å². The minimum Gasteiger partial charge on any atom is -0.504 e. The van der Waals surface area contributed by atoms with Gasteiger partial charge in [0.2, 0.25) is 0 Å². The van der Waals surface area contributed by atoms with Crippen LogP contribution in [0.3, 0.4) is 0 Å². The Bertz CT molecular complexity index is 1060. The smallest absolute Gasteiger partial charge is 0.187 e. The zero-order chi connectivity index (χ0) is 27.8. The molecule has 7 atom stereocenters. The lowest BCUT2D eigenvalue weighted by molar-refractivity contribution is -0.318. The van der Waals surface area contributed by atoms with E-state index in [0.29, 0.717) is 11.3 Å². The molecule has 1 heterocycles. The van der Waals surface area contributed by atoms with Gasteiger partial charge in [0.1, 0.15) is 30.5 Å². The number of aliphatic hydroxyl groups excluding tert-OH is 6. The second kappa shape index (κ2) is 13.7. The molecule has 3 rings (SSSR count). The minimum absolute atomic E-state index is 0.140. The maximum atomic E-state index is 10.5. The SMILES string of the molecule is COc1ccc([C@@H](O[C@H]2O[C@H](CO)[C@@H](O)[C@H](O)[C@H]2O)[C@@H](CO)Oc2ccc(C=CCO)cc2OC)cc1O. The van der Waals surface area contributed by atoms with Gasteiger partial charge >= 0.3 is 0 Å². The van der Waals surface area contributed by atoms with Gasteiger partial charge in [0.15, 0.2) is 35.4 Å². The van der Waals surface area contributed by atoms with Crippen LogP contribution in [0.5, 0.6) is 23.0 Å². The molecular formula is C26H34O12. The van der Waals surface area contributed by atoms with Crippen LogP contribution in [0.15, 0.2) is 42.5 Å². The minimum atomic E-state index is -1.71. The summed E-state index contributed by atoms with van der Waals surface area (Å²) in [6, 6.07) is 9.27. The largest absolute Gasteiger partial charge is 0.504 e. The van der Waals surface area contributed by atoms with Crippen molar-refractivity contribution in [3.63, 3.8) is 0 Å². The van der Waals surface area contributed by atoms with Crippen molar-refractivity contribution in [3.05, 3.63) is 53.6 Å². The number of phenols is 1. The van der Waals surface area contributed by atoms with Gasteiger partial charge in [-0.15, -0.1) is 0 Å². The highest BCUT2D eigenvalue weighted by atomic mass is 16.7. The molecule has 0 aliphatic carbocycles. The molecule has 2 aromatic carbocycles. The molecule has 2 aromatic rings. The molecule has 1 aliphatic heterocycles. The highest BCUT2D eigenvalue weighted by Crippen LogP contribution is 2.37. The standard InChI is InChI=1S/C26H34O12/c1-34-17-8-6-15(11-16(17)30)25(38-26-24(33)23(32)22(31)20(12-28)37-26)21(13-29)36-18-7-5-14(4-3-9-27)10-19(18)35-2/h3-8,10-11,20-33H,9,12-13H2,1-2H3/t20-,21-,22-,23+,24-,25-,26-/m1/s1. The molecule has 0 amide bonds. The molecule has 12 nitrogen and oxygen atoms in total. The van der Waals surface area contributed by atoms with Crippen molar-refractivity contribution in [1.29, 1.82) is 0 Å². The molecule has 0 spiro atoms. The third kappa shape index (κ3) is 6.73. The Labute approximate surface area is 219 Å². The average molecular weight is 539 g/mol. The zero-order valence-corrected chi connectivity index (χ0v) is 21.0. The Morgan fingerprint density at radius 2 is 1.61 bits per heavy atom. The van der Waals surface area contributed by atoms with Gasteiger partial charge < -0.3 is 59.4 Å². The molecule has 0 bridgehead atoms. The van der Waals surface area contributed by atoms with Gasteiger partial charge in [0, 0.05) is 0 Å². The number of hydrogen-bond donors (Lipinski definition) is 7. The molecule has 1 fully saturated rings. The van der Waals surface area contributed by atoms with E-state index in [1.807, 2.05) is 0 Å². The number of methoxy groups -OCH3 is 2. The van der Waals surface area contributed by atoms with E-state index in [2.05, 4.69) is 0 Å². The van der Waals surface area contributed by atoms with Gasteiger partial charge in [-0.05, 0) is 35.4 Å². The van der Waals surface area contributed by atoms with Crippen molar-refractivity contribution >= 4 is 6.08 Å². The lowest BCUT2D eigenvalue weighted by Gasteiger charge is -2.41. The number of aromatic hydroxyl groups is 1. The number of benzene rings is 2. The van der Waals surface area contributed by atoms with E-state index in [4.69, 9.17) is 28.8 Å². The summed E-state index contributed by atoms with van der Waals surface area (Å²) in [7, 11) is 2.81. The lowest BCUT2D eigenvalue weighted by atomic mass is 9.98. The van der Waals surface area contributed by atoms with E-state index >= 15 is 0 Å². The fourth-order valence-corrected chi connectivity index (χ4v) is 4.02. The fourth-order valence-electron chi connectivity index (χ4n) is 4.02. The van der Waals surface area contributed by atoms with Crippen LogP contribution < -0.4 is 14.2 Å². The molecule has 12 heteroatoms. The van der Waals surface area contributed by atoms with Crippen molar-refractivity contribution in [2.75, 3.05) is 34.0 Å². The van der Waals surface area contributed by atoms with Crippen molar-refractivity contribution < 1.29 is 59.4 Å². The van der Waals surface area contributed by atoms with Gasteiger partial charge in [-0.1, -0.05) is 24.3 Å². The fraction of sp³-hybridized carbons (Fsp3) is 0.462. The number of ether oxygens (including phenoxy) is 5. The summed E-state index contributed by atoms with van der Waals surface area (Å²) in [5.74, 6) is 0.484. The first-order chi connectivity index (χ1) is 18.3. The summed E-state index contributed by atoms with van der Waals surface area (Å²) in [4.78, 5) is 0. The molecule has 0 unspecified atom stereocenters. The summed E-state index contributed by atoms with van der Waals surface area (Å²) >= 11 is 0. The van der Waals surface area contributed by atoms with Crippen molar-refractivity contribution in [3.8, 4) is 23.0 Å². The Balaban J connectivity index is 1.97. The van der Waals surface area contributed by atoms with Crippen LogP contribution in [0, 0.1) is 0 Å². The summed E-state index contributed by atoms with van der Waals surface area (Å²) in [6.45, 7) is -1.41. The summed E-state index contributed by atoms with van der Waals surface area (Å²) in [5, 5.41) is 70.1. The molecular weight excluding hydrogens is 504 g/mol. The monoisotopic (exact) mass is 538 g/mol. The highest BCUT2D eigenvalue weighted by molar-refractivity contribution is 5.56. The molecule has 38 heavy (non-hydrogen) atoms. The maximum absolute atomic E-state index is 10.5.